The first-order chi connectivity index (χ1) is 7.77. The summed E-state index contributed by atoms with van der Waals surface area (Å²) in [5.41, 5.74) is 2.37. The molecule has 1 fully saturated rings. The van der Waals surface area contributed by atoms with E-state index in [9.17, 15) is 0 Å². The van der Waals surface area contributed by atoms with Crippen molar-refractivity contribution < 1.29 is 9.47 Å². The molecule has 88 valence electrons. The Balaban J connectivity index is 2.21. The zero-order chi connectivity index (χ0) is 11.4. The molecule has 1 N–H and O–H groups in total. The van der Waals surface area contributed by atoms with Crippen molar-refractivity contribution in [3.05, 3.63) is 35.4 Å². The lowest BCUT2D eigenvalue weighted by molar-refractivity contribution is -0.169. The van der Waals surface area contributed by atoms with E-state index in [0.717, 1.165) is 18.5 Å². The molecule has 0 aromatic heterocycles. The molecule has 0 radical (unpaired) electrons. The Morgan fingerprint density at radius 1 is 1.19 bits per heavy atom. The third kappa shape index (κ3) is 2.26. The van der Waals surface area contributed by atoms with E-state index in [4.69, 9.17) is 9.47 Å². The van der Waals surface area contributed by atoms with E-state index in [-0.39, 0.29) is 0 Å². The largest absolute Gasteiger partial charge is 0.343 e. The van der Waals surface area contributed by atoms with Crippen LogP contribution >= 0.6 is 0 Å². The van der Waals surface area contributed by atoms with E-state index in [0.29, 0.717) is 13.2 Å². The number of nitrogens with one attached hydrogen (secondary N) is 1. The summed E-state index contributed by atoms with van der Waals surface area (Å²) in [7, 11) is 1.94. The molecule has 1 aliphatic heterocycles. The van der Waals surface area contributed by atoms with Gasteiger partial charge in [0.2, 0.25) is 0 Å². The van der Waals surface area contributed by atoms with Crippen LogP contribution in [0, 0.1) is 6.92 Å². The molecule has 3 nitrogen and oxygen atoms in total. The smallest absolute Gasteiger partial charge is 0.196 e. The zero-order valence-electron chi connectivity index (χ0n) is 9.95. The molecule has 1 aliphatic rings. The van der Waals surface area contributed by atoms with Gasteiger partial charge in [-0.2, -0.15) is 0 Å². The lowest BCUT2D eigenvalue weighted by Crippen LogP contribution is -2.31. The fraction of sp³-hybridized carbons (Fsp3) is 0.538. The highest BCUT2D eigenvalue weighted by molar-refractivity contribution is 5.25. The van der Waals surface area contributed by atoms with Crippen molar-refractivity contribution in [3.63, 3.8) is 0 Å². The number of rotatable bonds is 4. The standard InChI is InChI=1S/C13H19NO2/c1-11-3-5-12(6-4-11)13(7-8-14-2)15-9-10-16-13/h3-6,14H,7-10H2,1-2H3. The summed E-state index contributed by atoms with van der Waals surface area (Å²) >= 11 is 0. The van der Waals surface area contributed by atoms with Gasteiger partial charge in [0.1, 0.15) is 0 Å². The van der Waals surface area contributed by atoms with Crippen LogP contribution in [0.25, 0.3) is 0 Å². The fourth-order valence-electron chi connectivity index (χ4n) is 2.01. The van der Waals surface area contributed by atoms with E-state index in [1.54, 1.807) is 0 Å². The van der Waals surface area contributed by atoms with Crippen molar-refractivity contribution in [2.45, 2.75) is 19.1 Å². The summed E-state index contributed by atoms with van der Waals surface area (Å²) in [5.74, 6) is -0.531. The SMILES string of the molecule is CNCCC1(c2ccc(C)cc2)OCCO1. The molecule has 1 aromatic carbocycles. The Labute approximate surface area is 96.8 Å². The lowest BCUT2D eigenvalue weighted by Gasteiger charge is -2.28. The number of hydrogen-bond donors (Lipinski definition) is 1. The summed E-state index contributed by atoms with van der Waals surface area (Å²) < 4.78 is 11.6. The maximum absolute atomic E-state index is 5.81. The topological polar surface area (TPSA) is 30.5 Å². The average Bonchev–Trinajstić information content (AvgIpc) is 2.77. The molecular weight excluding hydrogens is 202 g/mol. The summed E-state index contributed by atoms with van der Waals surface area (Å²) in [5, 5.41) is 3.14. The van der Waals surface area contributed by atoms with Gasteiger partial charge in [-0.25, -0.2) is 0 Å². The first-order valence-corrected chi connectivity index (χ1v) is 5.76. The maximum atomic E-state index is 5.81. The first kappa shape index (κ1) is 11.6. The van der Waals surface area contributed by atoms with Gasteiger partial charge < -0.3 is 14.8 Å². The van der Waals surface area contributed by atoms with Crippen LogP contribution in [0.2, 0.25) is 0 Å². The van der Waals surface area contributed by atoms with Gasteiger partial charge in [0, 0.05) is 18.5 Å². The number of ether oxygens (including phenoxy) is 2. The maximum Gasteiger partial charge on any atom is 0.196 e. The molecule has 2 rings (SSSR count). The monoisotopic (exact) mass is 221 g/mol. The van der Waals surface area contributed by atoms with Crippen LogP contribution in [0.1, 0.15) is 17.5 Å². The van der Waals surface area contributed by atoms with Crippen LogP contribution in [0.4, 0.5) is 0 Å². The Kier molecular flexibility index (Phi) is 3.59. The van der Waals surface area contributed by atoms with Gasteiger partial charge in [0.05, 0.1) is 13.2 Å². The highest BCUT2D eigenvalue weighted by Crippen LogP contribution is 2.34. The summed E-state index contributed by atoms with van der Waals surface area (Å²) in [6.07, 6.45) is 0.840. The molecule has 0 bridgehead atoms. The molecule has 0 spiro atoms. The molecule has 0 unspecified atom stereocenters. The van der Waals surface area contributed by atoms with Gasteiger partial charge in [-0.3, -0.25) is 0 Å². The predicted octanol–water partition coefficient (Wildman–Crippen LogP) is 1.80. The van der Waals surface area contributed by atoms with E-state index < -0.39 is 5.79 Å². The van der Waals surface area contributed by atoms with Crippen molar-refractivity contribution in [3.8, 4) is 0 Å². The molecule has 0 atom stereocenters. The fourth-order valence-corrected chi connectivity index (χ4v) is 2.01. The molecule has 1 saturated heterocycles. The quantitative estimate of drug-likeness (QED) is 0.841. The Morgan fingerprint density at radius 3 is 2.38 bits per heavy atom. The number of hydrogen-bond acceptors (Lipinski definition) is 3. The molecule has 16 heavy (non-hydrogen) atoms. The van der Waals surface area contributed by atoms with Gasteiger partial charge in [-0.05, 0) is 14.0 Å². The van der Waals surface area contributed by atoms with Gasteiger partial charge in [-0.1, -0.05) is 29.8 Å². The third-order valence-electron chi connectivity index (χ3n) is 2.95. The molecule has 1 aromatic rings. The van der Waals surface area contributed by atoms with Crippen molar-refractivity contribution in [1.29, 1.82) is 0 Å². The molecule has 1 heterocycles. The Hall–Kier alpha value is -0.900. The first-order valence-electron chi connectivity index (χ1n) is 5.76. The summed E-state index contributed by atoms with van der Waals surface area (Å²) in [6, 6.07) is 8.38. The number of aryl methyl sites for hydroxylation is 1. The Bertz CT molecular complexity index is 328. The summed E-state index contributed by atoms with van der Waals surface area (Å²) in [6.45, 7) is 4.32. The predicted molar refractivity (Wildman–Crippen MR) is 63.3 cm³/mol. The second kappa shape index (κ2) is 4.95. The molecule has 0 amide bonds. The van der Waals surface area contributed by atoms with Gasteiger partial charge >= 0.3 is 0 Å². The van der Waals surface area contributed by atoms with Crippen LogP contribution in [-0.2, 0) is 15.3 Å². The zero-order valence-corrected chi connectivity index (χ0v) is 9.95. The van der Waals surface area contributed by atoms with Gasteiger partial charge in [0.15, 0.2) is 5.79 Å². The van der Waals surface area contributed by atoms with E-state index >= 15 is 0 Å². The minimum Gasteiger partial charge on any atom is -0.343 e. The van der Waals surface area contributed by atoms with Crippen molar-refractivity contribution >= 4 is 0 Å². The van der Waals surface area contributed by atoms with Gasteiger partial charge in [-0.15, -0.1) is 0 Å². The van der Waals surface area contributed by atoms with Crippen LogP contribution in [0.3, 0.4) is 0 Å². The van der Waals surface area contributed by atoms with Crippen LogP contribution in [-0.4, -0.2) is 26.8 Å². The highest BCUT2D eigenvalue weighted by atomic mass is 16.7. The second-order valence-corrected chi connectivity index (χ2v) is 4.17. The molecule has 0 aliphatic carbocycles. The molecular formula is C13H19NO2. The molecule has 3 heteroatoms. The van der Waals surface area contributed by atoms with Crippen LogP contribution in [0.15, 0.2) is 24.3 Å². The van der Waals surface area contributed by atoms with E-state index in [1.165, 1.54) is 5.56 Å². The lowest BCUT2D eigenvalue weighted by atomic mass is 10.0. The second-order valence-electron chi connectivity index (χ2n) is 4.17. The van der Waals surface area contributed by atoms with Crippen molar-refractivity contribution in [2.24, 2.45) is 0 Å². The van der Waals surface area contributed by atoms with E-state index in [1.807, 2.05) is 7.05 Å². The normalized spacial score (nSPS) is 18.9. The summed E-state index contributed by atoms with van der Waals surface area (Å²) in [4.78, 5) is 0. The molecule has 0 saturated carbocycles. The van der Waals surface area contributed by atoms with Crippen LogP contribution in [0.5, 0.6) is 0 Å². The van der Waals surface area contributed by atoms with Crippen molar-refractivity contribution in [2.75, 3.05) is 26.8 Å². The minimum atomic E-state index is -0.531. The van der Waals surface area contributed by atoms with Crippen LogP contribution < -0.4 is 5.32 Å². The average molecular weight is 221 g/mol. The third-order valence-corrected chi connectivity index (χ3v) is 2.95. The minimum absolute atomic E-state index is 0.531. The van der Waals surface area contributed by atoms with Gasteiger partial charge in [0.25, 0.3) is 0 Å². The van der Waals surface area contributed by atoms with E-state index in [2.05, 4.69) is 36.5 Å². The Morgan fingerprint density at radius 2 is 1.81 bits per heavy atom. The number of benzene rings is 1. The van der Waals surface area contributed by atoms with Crippen molar-refractivity contribution in [1.82, 2.24) is 5.32 Å². The highest BCUT2D eigenvalue weighted by Gasteiger charge is 2.37.